The van der Waals surface area contributed by atoms with E-state index in [-0.39, 0.29) is 27.1 Å². The minimum absolute atomic E-state index is 0.0149. The second-order valence-electron chi connectivity index (χ2n) is 8.91. The second-order valence-corrected chi connectivity index (χ2v) is 11.8. The molecule has 0 unspecified atom stereocenters. The molecule has 0 radical (unpaired) electrons. The lowest BCUT2D eigenvalue weighted by Crippen LogP contribution is -2.82. The van der Waals surface area contributed by atoms with Gasteiger partial charge in [0.05, 0.1) is 9.49 Å². The van der Waals surface area contributed by atoms with E-state index in [9.17, 15) is 4.79 Å². The first-order chi connectivity index (χ1) is 11.3. The molecule has 23 heavy (non-hydrogen) atoms. The maximum Gasteiger partial charge on any atom is 0.146 e. The van der Waals surface area contributed by atoms with Crippen molar-refractivity contribution in [1.82, 2.24) is 0 Å². The third-order valence-electron chi connectivity index (χ3n) is 9.17. The fourth-order valence-electron chi connectivity index (χ4n) is 9.44. The predicted molar refractivity (Wildman–Crippen MR) is 86.6 cm³/mol. The summed E-state index contributed by atoms with van der Waals surface area (Å²) in [6.45, 7) is 0. The summed E-state index contributed by atoms with van der Waals surface area (Å²) in [5.74, 6) is 6.92. The van der Waals surface area contributed by atoms with Crippen LogP contribution in [0, 0.1) is 46.3 Å². The first-order valence-electron chi connectivity index (χ1n) is 9.13. The van der Waals surface area contributed by atoms with Crippen molar-refractivity contribution in [2.45, 2.75) is 29.1 Å². The minimum atomic E-state index is -0.218. The highest BCUT2D eigenvalue weighted by atomic mass is 32.2. The van der Waals surface area contributed by atoms with E-state index in [1.54, 1.807) is 0 Å². The SMILES string of the molecule is O=C1[C@H]2[C@@H]3C[C@@H]4[C@H]2C2(SCCCS2)[C@@]25[C@@H]4[C@@H]3[C@@]12[C@H]1C=C[C@@H]5OO1. The minimum Gasteiger partial charge on any atom is -0.299 e. The smallest absolute Gasteiger partial charge is 0.146 e. The Labute approximate surface area is 143 Å². The standard InChI is InChI=1S/C18H18O3S2/c19-15-11-7-6-8-12(11)18(22-4-1-5-23-18)17-10-3-2-9(20-21-10)16(15,17)13(7)14(8)17/h2-3,7-14H,1,4-6H2/t7-,8+,9+,10-,11-,12+,13+,14-,16-,17-/m0/s1. The Morgan fingerprint density at radius 1 is 1.00 bits per heavy atom. The van der Waals surface area contributed by atoms with Crippen LogP contribution in [0.15, 0.2) is 12.2 Å². The van der Waals surface area contributed by atoms with Gasteiger partial charge in [-0.1, -0.05) is 12.2 Å². The van der Waals surface area contributed by atoms with E-state index in [2.05, 4.69) is 35.7 Å². The molecule has 0 N–H and O–H groups in total. The van der Waals surface area contributed by atoms with Gasteiger partial charge in [0.1, 0.15) is 18.0 Å². The van der Waals surface area contributed by atoms with Crippen molar-refractivity contribution in [1.29, 1.82) is 0 Å². The molecule has 4 bridgehead atoms. The van der Waals surface area contributed by atoms with Crippen LogP contribution in [0.5, 0.6) is 0 Å². The largest absolute Gasteiger partial charge is 0.299 e. The zero-order valence-electron chi connectivity index (χ0n) is 12.6. The van der Waals surface area contributed by atoms with Gasteiger partial charge in [0.25, 0.3) is 0 Å². The summed E-state index contributed by atoms with van der Waals surface area (Å²) in [5.41, 5.74) is -0.171. The number of carbonyl (C=O) groups is 1. The number of hydrogen-bond acceptors (Lipinski definition) is 5. The highest BCUT2D eigenvalue weighted by Crippen LogP contribution is 2.99. The van der Waals surface area contributed by atoms with E-state index in [4.69, 9.17) is 9.78 Å². The molecule has 0 aromatic rings. The fraction of sp³-hybridized carbons (Fsp3) is 0.833. The van der Waals surface area contributed by atoms with Crippen LogP contribution < -0.4 is 0 Å². The molecule has 5 saturated carbocycles. The molecule has 9 aliphatic rings. The van der Waals surface area contributed by atoms with Gasteiger partial charge in [0, 0.05) is 11.3 Å². The number of rotatable bonds is 0. The van der Waals surface area contributed by atoms with Gasteiger partial charge in [-0.2, -0.15) is 0 Å². The first-order valence-corrected chi connectivity index (χ1v) is 11.1. The van der Waals surface area contributed by atoms with Gasteiger partial charge in [-0.3, -0.25) is 4.79 Å². The van der Waals surface area contributed by atoms with Crippen molar-refractivity contribution < 1.29 is 14.6 Å². The van der Waals surface area contributed by atoms with Crippen molar-refractivity contribution in [2.75, 3.05) is 11.5 Å². The second kappa shape index (κ2) is 3.22. The Morgan fingerprint density at radius 2 is 1.78 bits per heavy atom. The summed E-state index contributed by atoms with van der Waals surface area (Å²) >= 11 is 4.43. The highest BCUT2D eigenvalue weighted by Gasteiger charge is 3.03. The molecule has 2 saturated heterocycles. The third kappa shape index (κ3) is 0.786. The molecule has 6 aliphatic carbocycles. The summed E-state index contributed by atoms with van der Waals surface area (Å²) in [4.78, 5) is 25.4. The van der Waals surface area contributed by atoms with Crippen LogP contribution in [0.4, 0.5) is 0 Å². The van der Waals surface area contributed by atoms with Gasteiger partial charge in [0.15, 0.2) is 0 Å². The van der Waals surface area contributed by atoms with E-state index in [0.29, 0.717) is 29.5 Å². The van der Waals surface area contributed by atoms with Crippen LogP contribution in [-0.2, 0) is 14.6 Å². The Bertz CT molecular complexity index is 730. The van der Waals surface area contributed by atoms with E-state index < -0.39 is 0 Å². The molecule has 3 heterocycles. The van der Waals surface area contributed by atoms with Crippen LogP contribution in [-0.4, -0.2) is 33.6 Å². The number of Topliss-reactive ketones (excluding diaryl/α,β-unsaturated/α-hetero) is 1. The van der Waals surface area contributed by atoms with Crippen molar-refractivity contribution >= 4 is 29.3 Å². The Hall–Kier alpha value is 0.0300. The Balaban J connectivity index is 1.53. The van der Waals surface area contributed by atoms with E-state index in [0.717, 1.165) is 11.8 Å². The quantitative estimate of drug-likeness (QED) is 0.497. The van der Waals surface area contributed by atoms with Gasteiger partial charge in [0.2, 0.25) is 0 Å². The number of ketones is 1. The van der Waals surface area contributed by atoms with Gasteiger partial charge in [-0.15, -0.1) is 23.5 Å². The molecule has 7 fully saturated rings. The average molecular weight is 346 g/mol. The molecule has 3 aliphatic heterocycles. The maximum absolute atomic E-state index is 13.7. The van der Waals surface area contributed by atoms with Crippen molar-refractivity contribution in [3.8, 4) is 0 Å². The maximum atomic E-state index is 13.7. The molecule has 5 heteroatoms. The van der Waals surface area contributed by atoms with Crippen LogP contribution >= 0.6 is 23.5 Å². The number of hydrogen-bond donors (Lipinski definition) is 0. The molecule has 10 atom stereocenters. The summed E-state index contributed by atoms with van der Waals surface area (Å²) in [5, 5.41) is 0. The van der Waals surface area contributed by atoms with Crippen LogP contribution in [0.25, 0.3) is 0 Å². The summed E-state index contributed by atoms with van der Waals surface area (Å²) in [7, 11) is 0. The summed E-state index contributed by atoms with van der Waals surface area (Å²) in [6, 6.07) is 0. The Kier molecular flexibility index (Phi) is 1.73. The van der Waals surface area contributed by atoms with Crippen LogP contribution in [0.2, 0.25) is 0 Å². The molecule has 3 spiro atoms. The average Bonchev–Trinajstić information content (AvgIpc) is 3.12. The summed E-state index contributed by atoms with van der Waals surface area (Å²) in [6.07, 6.45) is 6.97. The molecular weight excluding hydrogens is 328 g/mol. The third-order valence-corrected chi connectivity index (χ3v) is 12.9. The lowest BCUT2D eigenvalue weighted by atomic mass is 9.34. The van der Waals surface area contributed by atoms with Gasteiger partial charge >= 0.3 is 0 Å². The normalized spacial score (nSPS) is 69.8. The molecule has 0 amide bonds. The molecular formula is C18H18O3S2. The van der Waals surface area contributed by atoms with Crippen LogP contribution in [0.1, 0.15) is 12.8 Å². The van der Waals surface area contributed by atoms with Gasteiger partial charge in [-0.25, -0.2) is 9.78 Å². The zero-order valence-corrected chi connectivity index (χ0v) is 14.3. The monoisotopic (exact) mass is 346 g/mol. The number of thioether (sulfide) groups is 2. The van der Waals surface area contributed by atoms with E-state index >= 15 is 0 Å². The molecule has 0 aromatic heterocycles. The van der Waals surface area contributed by atoms with E-state index in [1.807, 2.05) is 0 Å². The lowest BCUT2D eigenvalue weighted by Gasteiger charge is -2.75. The number of carbonyl (C=O) groups excluding carboxylic acids is 1. The van der Waals surface area contributed by atoms with Crippen LogP contribution in [0.3, 0.4) is 0 Å². The van der Waals surface area contributed by atoms with E-state index in [1.165, 1.54) is 24.3 Å². The molecule has 0 aromatic carbocycles. The Morgan fingerprint density at radius 3 is 2.57 bits per heavy atom. The van der Waals surface area contributed by atoms with Gasteiger partial charge in [-0.05, 0) is 53.9 Å². The lowest BCUT2D eigenvalue weighted by molar-refractivity contribution is -0.458. The zero-order chi connectivity index (χ0) is 14.8. The fourth-order valence-corrected chi connectivity index (χ4v) is 14.0. The molecule has 3 nitrogen and oxygen atoms in total. The molecule has 9 rings (SSSR count). The number of fused-ring (bicyclic) bond motifs is 3. The summed E-state index contributed by atoms with van der Waals surface area (Å²) < 4.78 is 0.234. The molecule has 120 valence electrons. The van der Waals surface area contributed by atoms with Gasteiger partial charge < -0.3 is 0 Å². The predicted octanol–water partition coefficient (Wildman–Crippen LogP) is 2.52. The highest BCUT2D eigenvalue weighted by molar-refractivity contribution is 8.18. The topological polar surface area (TPSA) is 35.5 Å². The van der Waals surface area contributed by atoms with Crippen molar-refractivity contribution in [3.05, 3.63) is 12.2 Å². The van der Waals surface area contributed by atoms with Crippen molar-refractivity contribution in [3.63, 3.8) is 0 Å². The van der Waals surface area contributed by atoms with Crippen molar-refractivity contribution in [2.24, 2.45) is 46.3 Å². The first kappa shape index (κ1) is 12.4.